The van der Waals surface area contributed by atoms with Crippen molar-refractivity contribution in [3.8, 4) is 0 Å². The predicted octanol–water partition coefficient (Wildman–Crippen LogP) is 2.05. The molecule has 2 heterocycles. The number of methoxy groups -OCH3 is 1. The normalized spacial score (nSPS) is 18.0. The number of rotatable bonds is 5. The number of nitrogens with one attached hydrogen (secondary N) is 1. The minimum absolute atomic E-state index is 0. The van der Waals surface area contributed by atoms with E-state index < -0.39 is 0 Å². The molecule has 8 heteroatoms. The Morgan fingerprint density at radius 2 is 2.04 bits per heavy atom. The van der Waals surface area contributed by atoms with Crippen molar-refractivity contribution in [3.63, 3.8) is 0 Å². The number of piperazine rings is 1. The smallest absolute Gasteiger partial charge is 0.193 e. The lowest BCUT2D eigenvalue weighted by Gasteiger charge is -2.37. The van der Waals surface area contributed by atoms with Crippen LogP contribution in [0.2, 0.25) is 0 Å². The second-order valence-electron chi connectivity index (χ2n) is 7.27. The van der Waals surface area contributed by atoms with Gasteiger partial charge >= 0.3 is 0 Å². The lowest BCUT2D eigenvalue weighted by Crippen LogP contribution is -2.53. The third-order valence-electron chi connectivity index (χ3n) is 4.46. The molecule has 1 unspecified atom stereocenters. The zero-order chi connectivity index (χ0) is 17.6. The van der Waals surface area contributed by atoms with Crippen molar-refractivity contribution in [2.75, 3.05) is 46.9 Å². The molecule has 1 aliphatic rings. The topological polar surface area (TPSA) is 66.1 Å². The van der Waals surface area contributed by atoms with Gasteiger partial charge in [0.05, 0.1) is 11.8 Å². The molecular formula is C17H32IN5O2. The quantitative estimate of drug-likeness (QED) is 0.408. The number of hydrogen-bond donors (Lipinski definition) is 1. The Hall–Kier alpha value is -0.870. The molecule has 1 atom stereocenters. The number of hydrogen-bond acceptors (Lipinski definition) is 5. The van der Waals surface area contributed by atoms with Crippen molar-refractivity contribution in [2.24, 2.45) is 10.4 Å². The number of halogens is 1. The van der Waals surface area contributed by atoms with Gasteiger partial charge in [-0.25, -0.2) is 0 Å². The van der Waals surface area contributed by atoms with Crippen LogP contribution in [-0.4, -0.2) is 73.9 Å². The molecule has 1 aromatic heterocycles. The second-order valence-corrected chi connectivity index (χ2v) is 7.27. The van der Waals surface area contributed by atoms with E-state index in [1.54, 1.807) is 13.4 Å². The van der Waals surface area contributed by atoms with E-state index in [9.17, 15) is 0 Å². The molecule has 0 radical (unpaired) electrons. The summed E-state index contributed by atoms with van der Waals surface area (Å²) < 4.78 is 10.5. The lowest BCUT2D eigenvalue weighted by molar-refractivity contribution is 0.0199. The van der Waals surface area contributed by atoms with Crippen LogP contribution in [-0.2, 0) is 11.3 Å². The first-order chi connectivity index (χ1) is 11.4. The van der Waals surface area contributed by atoms with Gasteiger partial charge in [0.25, 0.3) is 0 Å². The molecule has 0 amide bonds. The Labute approximate surface area is 168 Å². The summed E-state index contributed by atoms with van der Waals surface area (Å²) in [5.41, 5.74) is 1.08. The van der Waals surface area contributed by atoms with Crippen molar-refractivity contribution in [1.82, 2.24) is 20.3 Å². The number of aliphatic imine (C=N–C) groups is 1. The molecule has 0 aromatic carbocycles. The molecule has 0 spiro atoms. The summed E-state index contributed by atoms with van der Waals surface area (Å²) in [6.45, 7) is 12.0. The minimum atomic E-state index is 0. The first-order valence-corrected chi connectivity index (χ1v) is 8.54. The summed E-state index contributed by atoms with van der Waals surface area (Å²) in [7, 11) is 3.60. The Balaban J connectivity index is 0.00000312. The average molecular weight is 465 g/mol. The van der Waals surface area contributed by atoms with Gasteiger partial charge in [0.2, 0.25) is 0 Å². The number of ether oxygens (including phenoxy) is 1. The monoisotopic (exact) mass is 465 g/mol. The highest BCUT2D eigenvalue weighted by Crippen LogP contribution is 2.21. The summed E-state index contributed by atoms with van der Waals surface area (Å²) in [5.74, 6) is 0.947. The molecule has 25 heavy (non-hydrogen) atoms. The predicted molar refractivity (Wildman–Crippen MR) is 110 cm³/mol. The average Bonchev–Trinajstić information content (AvgIpc) is 3.04. The van der Waals surface area contributed by atoms with Gasteiger partial charge < -0.3 is 19.5 Å². The SMILES string of the molecule is CN=C(NCC(OC)C(C)(C)C)N1CCN(Cc2ccon2)CC1.I. The van der Waals surface area contributed by atoms with Crippen molar-refractivity contribution in [3.05, 3.63) is 18.0 Å². The van der Waals surface area contributed by atoms with Crippen molar-refractivity contribution in [2.45, 2.75) is 33.4 Å². The number of nitrogens with zero attached hydrogens (tertiary/aromatic N) is 4. The van der Waals surface area contributed by atoms with Crippen LogP contribution < -0.4 is 5.32 Å². The van der Waals surface area contributed by atoms with E-state index in [2.05, 4.69) is 46.0 Å². The Morgan fingerprint density at radius 3 is 2.52 bits per heavy atom. The molecule has 1 N–H and O–H groups in total. The van der Waals surface area contributed by atoms with Crippen LogP contribution in [0, 0.1) is 5.41 Å². The number of guanidine groups is 1. The largest absolute Gasteiger partial charge is 0.379 e. The third-order valence-corrected chi connectivity index (χ3v) is 4.46. The van der Waals surface area contributed by atoms with Gasteiger partial charge in [-0.3, -0.25) is 9.89 Å². The van der Waals surface area contributed by atoms with Crippen molar-refractivity contribution < 1.29 is 9.26 Å². The van der Waals surface area contributed by atoms with Crippen LogP contribution >= 0.6 is 24.0 Å². The second kappa shape index (κ2) is 10.3. The first kappa shape index (κ1) is 22.2. The van der Waals surface area contributed by atoms with Gasteiger partial charge in [-0.1, -0.05) is 25.9 Å². The fourth-order valence-corrected chi connectivity index (χ4v) is 2.93. The van der Waals surface area contributed by atoms with Crippen molar-refractivity contribution >= 4 is 29.9 Å². The van der Waals surface area contributed by atoms with E-state index in [0.717, 1.165) is 50.9 Å². The first-order valence-electron chi connectivity index (χ1n) is 8.54. The fraction of sp³-hybridized carbons (Fsp3) is 0.765. The highest BCUT2D eigenvalue weighted by Gasteiger charge is 2.26. The summed E-state index contributed by atoms with van der Waals surface area (Å²) in [6.07, 6.45) is 1.77. The van der Waals surface area contributed by atoms with Gasteiger partial charge in [0, 0.05) is 59.5 Å². The zero-order valence-corrected chi connectivity index (χ0v) is 18.3. The zero-order valence-electron chi connectivity index (χ0n) is 16.0. The van der Waals surface area contributed by atoms with Crippen LogP contribution in [0.5, 0.6) is 0 Å². The molecule has 2 rings (SSSR count). The highest BCUT2D eigenvalue weighted by molar-refractivity contribution is 14.0. The Kier molecular flexibility index (Phi) is 9.15. The molecule has 0 aliphatic carbocycles. The molecule has 1 saturated heterocycles. The van der Waals surface area contributed by atoms with Crippen LogP contribution in [0.1, 0.15) is 26.5 Å². The minimum Gasteiger partial charge on any atom is -0.379 e. The summed E-state index contributed by atoms with van der Waals surface area (Å²) in [5, 5.41) is 7.44. The van der Waals surface area contributed by atoms with Gasteiger partial charge in [-0.15, -0.1) is 24.0 Å². The van der Waals surface area contributed by atoms with Crippen LogP contribution in [0.3, 0.4) is 0 Å². The molecule has 144 valence electrons. The van der Waals surface area contributed by atoms with Crippen LogP contribution in [0.4, 0.5) is 0 Å². The third kappa shape index (κ3) is 6.74. The molecule has 1 aromatic rings. The van der Waals surface area contributed by atoms with Crippen molar-refractivity contribution in [1.29, 1.82) is 0 Å². The summed E-state index contributed by atoms with van der Waals surface area (Å²) in [6, 6.07) is 1.92. The number of aromatic nitrogens is 1. The highest BCUT2D eigenvalue weighted by atomic mass is 127. The molecule has 0 bridgehead atoms. The maximum absolute atomic E-state index is 5.61. The van der Waals surface area contributed by atoms with Crippen LogP contribution in [0.15, 0.2) is 21.8 Å². The van der Waals surface area contributed by atoms with E-state index in [-0.39, 0.29) is 35.5 Å². The molecular weight excluding hydrogens is 433 g/mol. The van der Waals surface area contributed by atoms with E-state index in [0.29, 0.717) is 0 Å². The molecule has 0 saturated carbocycles. The van der Waals surface area contributed by atoms with Gasteiger partial charge in [-0.05, 0) is 5.41 Å². The van der Waals surface area contributed by atoms with Gasteiger partial charge in [0.15, 0.2) is 5.96 Å². The summed E-state index contributed by atoms with van der Waals surface area (Å²) in [4.78, 5) is 9.11. The Bertz CT molecular complexity index is 508. The van der Waals surface area contributed by atoms with Crippen LogP contribution in [0.25, 0.3) is 0 Å². The van der Waals surface area contributed by atoms with Gasteiger partial charge in [0.1, 0.15) is 6.26 Å². The van der Waals surface area contributed by atoms with E-state index >= 15 is 0 Å². The Morgan fingerprint density at radius 1 is 1.36 bits per heavy atom. The van der Waals surface area contributed by atoms with Gasteiger partial charge in [-0.2, -0.15) is 0 Å². The summed E-state index contributed by atoms with van der Waals surface area (Å²) >= 11 is 0. The van der Waals surface area contributed by atoms with E-state index in [1.807, 2.05) is 13.1 Å². The van der Waals surface area contributed by atoms with E-state index in [4.69, 9.17) is 9.26 Å². The van der Waals surface area contributed by atoms with E-state index in [1.165, 1.54) is 0 Å². The standard InChI is InChI=1S/C17H31N5O2.HI/c1-17(2,3)15(23-5)12-19-16(18-4)22-9-7-21(8-10-22)13-14-6-11-24-20-14;/h6,11,15H,7-10,12-13H2,1-5H3,(H,18,19);1H. The molecule has 1 fully saturated rings. The lowest BCUT2D eigenvalue weighted by atomic mass is 9.89. The molecule has 7 nitrogen and oxygen atoms in total. The maximum Gasteiger partial charge on any atom is 0.193 e. The molecule has 1 aliphatic heterocycles. The fourth-order valence-electron chi connectivity index (χ4n) is 2.93. The maximum atomic E-state index is 5.61.